The fourth-order valence-corrected chi connectivity index (χ4v) is 3.88. The molecule has 4 heteroatoms. The minimum Gasteiger partial charge on any atom is -0.370 e. The summed E-state index contributed by atoms with van der Waals surface area (Å²) in [4.78, 5) is 8.40. The number of hydrogen-bond acceptors (Lipinski definition) is 4. The lowest BCUT2D eigenvalue weighted by Gasteiger charge is -2.11. The number of hydrogen-bond donors (Lipinski definition) is 2. The Balaban J connectivity index is 1.94. The molecule has 0 saturated carbocycles. The molecule has 2 aromatic heterocycles. The van der Waals surface area contributed by atoms with Crippen molar-refractivity contribution >= 4 is 22.2 Å². The lowest BCUT2D eigenvalue weighted by molar-refractivity contribution is 0.942. The lowest BCUT2D eigenvalue weighted by Crippen LogP contribution is -2.24. The van der Waals surface area contributed by atoms with Gasteiger partial charge in [0.05, 0.1) is 0 Å². The molecule has 0 aliphatic carbocycles. The van der Waals surface area contributed by atoms with Crippen molar-refractivity contribution in [2.45, 2.75) is 0 Å². The van der Waals surface area contributed by atoms with Gasteiger partial charge in [0.1, 0.15) is 5.82 Å². The molecule has 0 spiro atoms. The van der Waals surface area contributed by atoms with Crippen LogP contribution in [0.25, 0.3) is 22.2 Å². The third-order valence-electron chi connectivity index (χ3n) is 5.13. The second-order valence-electron chi connectivity index (χ2n) is 6.78. The van der Waals surface area contributed by atoms with Crippen LogP contribution in [-0.4, -0.2) is 23.1 Å². The van der Waals surface area contributed by atoms with Gasteiger partial charge in [-0.15, -0.1) is 0 Å². The molecule has 0 radical (unpaired) electrons. The molecule has 2 N–H and O–H groups in total. The van der Waals surface area contributed by atoms with Gasteiger partial charge in [0.25, 0.3) is 0 Å². The van der Waals surface area contributed by atoms with E-state index in [4.69, 9.17) is 0 Å². The highest BCUT2D eigenvalue weighted by Gasteiger charge is 2.11. The maximum atomic E-state index is 4.20. The molecule has 3 heterocycles. The van der Waals surface area contributed by atoms with Crippen LogP contribution in [0.15, 0.2) is 85.5 Å². The van der Waals surface area contributed by atoms with Gasteiger partial charge in [-0.05, 0) is 57.0 Å². The standard InChI is InChI=1S/C24H20N4/c1-2-4-20-19(3-1)21(5-6-22(20)24-27-15-16-28-24)23(17-7-11-25-12-8-17)18-9-13-26-14-10-18/h1-14,27-28H,15-16H2. The zero-order chi connectivity index (χ0) is 18.8. The van der Waals surface area contributed by atoms with Crippen molar-refractivity contribution in [3.63, 3.8) is 0 Å². The quantitative estimate of drug-likeness (QED) is 0.572. The highest BCUT2D eigenvalue weighted by atomic mass is 15.2. The van der Waals surface area contributed by atoms with Crippen molar-refractivity contribution in [1.29, 1.82) is 0 Å². The first-order chi connectivity index (χ1) is 13.9. The largest absolute Gasteiger partial charge is 0.370 e. The molecule has 136 valence electrons. The number of fused-ring (bicyclic) bond motifs is 1. The van der Waals surface area contributed by atoms with Crippen LogP contribution in [0.4, 0.5) is 0 Å². The Hall–Kier alpha value is -3.66. The molecule has 0 unspecified atom stereocenters. The van der Waals surface area contributed by atoms with Gasteiger partial charge in [-0.3, -0.25) is 9.97 Å². The molecule has 5 rings (SSSR count). The lowest BCUT2D eigenvalue weighted by atomic mass is 9.94. The molecular weight excluding hydrogens is 344 g/mol. The van der Waals surface area contributed by atoms with Crippen LogP contribution < -0.4 is 21.1 Å². The van der Waals surface area contributed by atoms with Crippen molar-refractivity contribution in [3.8, 4) is 0 Å². The molecule has 0 bridgehead atoms. The summed E-state index contributed by atoms with van der Waals surface area (Å²) < 4.78 is 0. The van der Waals surface area contributed by atoms with Gasteiger partial charge in [0, 0.05) is 43.1 Å². The number of nitrogens with zero attached hydrogens (tertiary/aromatic N) is 2. The average Bonchev–Trinajstić information content (AvgIpc) is 3.30. The van der Waals surface area contributed by atoms with E-state index in [0.29, 0.717) is 0 Å². The van der Waals surface area contributed by atoms with E-state index in [1.807, 2.05) is 24.8 Å². The Labute approximate surface area is 163 Å². The number of aromatic nitrogens is 2. The van der Waals surface area contributed by atoms with Gasteiger partial charge >= 0.3 is 0 Å². The molecule has 1 fully saturated rings. The summed E-state index contributed by atoms with van der Waals surface area (Å²) in [5, 5.41) is 11.8. The molecule has 4 aromatic rings. The van der Waals surface area contributed by atoms with Crippen LogP contribution in [0.5, 0.6) is 0 Å². The molecule has 28 heavy (non-hydrogen) atoms. The smallest absolute Gasteiger partial charge is 0.107 e. The van der Waals surface area contributed by atoms with Crippen molar-refractivity contribution in [2.75, 3.05) is 13.1 Å². The van der Waals surface area contributed by atoms with Crippen molar-refractivity contribution in [1.82, 2.24) is 20.6 Å². The van der Waals surface area contributed by atoms with Gasteiger partial charge in [-0.25, -0.2) is 0 Å². The van der Waals surface area contributed by atoms with Gasteiger partial charge < -0.3 is 10.6 Å². The van der Waals surface area contributed by atoms with E-state index in [0.717, 1.165) is 30.0 Å². The molecule has 1 aliphatic heterocycles. The molecule has 1 saturated heterocycles. The Kier molecular flexibility index (Phi) is 4.22. The van der Waals surface area contributed by atoms with E-state index in [1.165, 1.54) is 26.8 Å². The normalized spacial score (nSPS) is 13.2. The zero-order valence-electron chi connectivity index (χ0n) is 15.4. The monoisotopic (exact) mass is 364 g/mol. The fourth-order valence-electron chi connectivity index (χ4n) is 3.88. The molecule has 0 atom stereocenters. The van der Waals surface area contributed by atoms with Crippen LogP contribution >= 0.6 is 0 Å². The van der Waals surface area contributed by atoms with Crippen LogP contribution in [0, 0.1) is 0 Å². The van der Waals surface area contributed by atoms with E-state index >= 15 is 0 Å². The third-order valence-corrected chi connectivity index (χ3v) is 5.13. The maximum absolute atomic E-state index is 4.20. The van der Waals surface area contributed by atoms with Crippen molar-refractivity contribution < 1.29 is 0 Å². The Morgan fingerprint density at radius 3 is 1.82 bits per heavy atom. The fraction of sp³-hybridized carbons (Fsp3) is 0.0833. The minimum absolute atomic E-state index is 0.955. The van der Waals surface area contributed by atoms with Crippen molar-refractivity contribution in [2.24, 2.45) is 0 Å². The molecule has 2 aromatic carbocycles. The SMILES string of the molecule is c1ccc2c(=C(c3ccncc3)c3ccncc3)ccc(=C3NCCN3)c2c1. The van der Waals surface area contributed by atoms with Crippen LogP contribution in [0.2, 0.25) is 0 Å². The second kappa shape index (κ2) is 7.16. The molecule has 4 nitrogen and oxygen atoms in total. The summed E-state index contributed by atoms with van der Waals surface area (Å²) in [7, 11) is 0. The zero-order valence-corrected chi connectivity index (χ0v) is 15.4. The van der Waals surface area contributed by atoms with Crippen LogP contribution in [0.1, 0.15) is 11.1 Å². The highest BCUT2D eigenvalue weighted by Crippen LogP contribution is 2.21. The first-order valence-electron chi connectivity index (χ1n) is 9.47. The van der Waals surface area contributed by atoms with Crippen LogP contribution in [0.3, 0.4) is 0 Å². The third kappa shape index (κ3) is 2.89. The van der Waals surface area contributed by atoms with Gasteiger partial charge in [-0.2, -0.15) is 0 Å². The first kappa shape index (κ1) is 16.5. The number of rotatable bonds is 2. The van der Waals surface area contributed by atoms with E-state index in [1.54, 1.807) is 0 Å². The predicted octanol–water partition coefficient (Wildman–Crippen LogP) is 2.14. The summed E-state index contributed by atoms with van der Waals surface area (Å²) in [6.45, 7) is 1.91. The maximum Gasteiger partial charge on any atom is 0.107 e. The minimum atomic E-state index is 0.955. The molecular formula is C24H20N4. The number of nitrogens with one attached hydrogen (secondary N) is 2. The van der Waals surface area contributed by atoms with E-state index in [-0.39, 0.29) is 0 Å². The van der Waals surface area contributed by atoms with Gasteiger partial charge in [-0.1, -0.05) is 36.4 Å². The summed E-state index contributed by atoms with van der Waals surface area (Å²) in [5.74, 6) is 1.11. The Morgan fingerprint density at radius 2 is 1.21 bits per heavy atom. The summed E-state index contributed by atoms with van der Waals surface area (Å²) in [6.07, 6.45) is 7.37. The Morgan fingerprint density at radius 1 is 0.643 bits per heavy atom. The number of benzene rings is 2. The van der Waals surface area contributed by atoms with E-state index in [2.05, 4.69) is 81.3 Å². The van der Waals surface area contributed by atoms with Crippen LogP contribution in [-0.2, 0) is 0 Å². The summed E-state index contributed by atoms with van der Waals surface area (Å²) in [5.41, 5.74) is 3.47. The number of pyridine rings is 2. The van der Waals surface area contributed by atoms with E-state index in [9.17, 15) is 0 Å². The highest BCUT2D eigenvalue weighted by molar-refractivity contribution is 5.91. The average molecular weight is 364 g/mol. The second-order valence-corrected chi connectivity index (χ2v) is 6.78. The summed E-state index contributed by atoms with van der Waals surface area (Å²) >= 11 is 0. The Bertz CT molecular complexity index is 1200. The van der Waals surface area contributed by atoms with Gasteiger partial charge in [0.2, 0.25) is 0 Å². The topological polar surface area (TPSA) is 49.8 Å². The molecule has 0 amide bonds. The summed E-state index contributed by atoms with van der Waals surface area (Å²) in [6, 6.07) is 21.3. The van der Waals surface area contributed by atoms with E-state index < -0.39 is 0 Å². The molecule has 1 aliphatic rings. The van der Waals surface area contributed by atoms with Crippen molar-refractivity contribution in [3.05, 3.63) is 107 Å². The first-order valence-corrected chi connectivity index (χ1v) is 9.47. The predicted molar refractivity (Wildman–Crippen MR) is 113 cm³/mol. The van der Waals surface area contributed by atoms with Gasteiger partial charge in [0.15, 0.2) is 0 Å².